The Hall–Kier alpha value is -2.31. The molecule has 1 N–H and O–H groups in total. The van der Waals surface area contributed by atoms with Crippen LogP contribution in [0.1, 0.15) is 10.4 Å². The molecule has 3 rings (SSSR count). The predicted octanol–water partition coefficient (Wildman–Crippen LogP) is 3.02. The standard InChI is InChI=1S/C17H14N2O2S2/c1-3-8-19-16(21)12(15(20)18-17(19)22)9-14-10(2)11-6-4-5-7-13(11)23-14/h3-7,9H,1,8H2,2H3,(H,18,20,22)/b12-9+. The number of amides is 2. The first-order valence-corrected chi connectivity index (χ1v) is 8.23. The molecule has 6 heteroatoms. The summed E-state index contributed by atoms with van der Waals surface area (Å²) in [6.45, 7) is 5.86. The van der Waals surface area contributed by atoms with E-state index in [2.05, 4.69) is 11.9 Å². The van der Waals surface area contributed by atoms with Crippen LogP contribution in [0.5, 0.6) is 0 Å². The first-order chi connectivity index (χ1) is 11.0. The van der Waals surface area contributed by atoms with Crippen LogP contribution in [0.2, 0.25) is 0 Å². The maximum Gasteiger partial charge on any atom is 0.265 e. The van der Waals surface area contributed by atoms with E-state index < -0.39 is 11.8 Å². The lowest BCUT2D eigenvalue weighted by Crippen LogP contribution is -2.53. The molecule has 23 heavy (non-hydrogen) atoms. The number of hydrogen-bond acceptors (Lipinski definition) is 4. The zero-order chi connectivity index (χ0) is 16.6. The minimum Gasteiger partial charge on any atom is -0.298 e. The van der Waals surface area contributed by atoms with Crippen molar-refractivity contribution in [2.75, 3.05) is 6.54 Å². The summed E-state index contributed by atoms with van der Waals surface area (Å²) in [4.78, 5) is 26.9. The van der Waals surface area contributed by atoms with Crippen LogP contribution in [-0.4, -0.2) is 28.4 Å². The van der Waals surface area contributed by atoms with Crippen molar-refractivity contribution in [3.05, 3.63) is 52.9 Å². The van der Waals surface area contributed by atoms with Crippen LogP contribution in [0.15, 0.2) is 42.5 Å². The van der Waals surface area contributed by atoms with Crippen molar-refractivity contribution in [1.82, 2.24) is 10.2 Å². The molecule has 1 fully saturated rings. The highest BCUT2D eigenvalue weighted by Gasteiger charge is 2.32. The van der Waals surface area contributed by atoms with Gasteiger partial charge < -0.3 is 0 Å². The Morgan fingerprint density at radius 1 is 1.35 bits per heavy atom. The third-order valence-electron chi connectivity index (χ3n) is 3.65. The highest BCUT2D eigenvalue weighted by atomic mass is 32.1. The smallest absolute Gasteiger partial charge is 0.265 e. The Labute approximate surface area is 143 Å². The Morgan fingerprint density at radius 2 is 2.09 bits per heavy atom. The Bertz CT molecular complexity index is 880. The van der Waals surface area contributed by atoms with E-state index in [9.17, 15) is 9.59 Å². The molecule has 0 spiro atoms. The molecule has 4 nitrogen and oxygen atoms in total. The van der Waals surface area contributed by atoms with E-state index in [-0.39, 0.29) is 17.2 Å². The molecule has 1 saturated heterocycles. The van der Waals surface area contributed by atoms with Gasteiger partial charge in [0.25, 0.3) is 11.8 Å². The Kier molecular flexibility index (Phi) is 4.11. The van der Waals surface area contributed by atoms with Crippen LogP contribution in [0.4, 0.5) is 0 Å². The molecule has 0 aliphatic carbocycles. The molecule has 0 unspecified atom stereocenters. The van der Waals surface area contributed by atoms with Gasteiger partial charge >= 0.3 is 0 Å². The minimum absolute atomic E-state index is 0.0927. The molecular weight excluding hydrogens is 328 g/mol. The largest absolute Gasteiger partial charge is 0.298 e. The molecule has 1 aromatic carbocycles. The van der Waals surface area contributed by atoms with E-state index in [4.69, 9.17) is 12.2 Å². The number of nitrogens with zero attached hydrogens (tertiary/aromatic N) is 1. The zero-order valence-electron chi connectivity index (χ0n) is 12.5. The Balaban J connectivity index is 2.07. The molecular formula is C17H14N2O2S2. The van der Waals surface area contributed by atoms with Gasteiger partial charge in [-0.15, -0.1) is 17.9 Å². The SMILES string of the molecule is C=CCN1C(=O)/C(=C/c2sc3ccccc3c2C)C(=O)NC1=S. The molecule has 2 amide bonds. The molecule has 1 aromatic heterocycles. The van der Waals surface area contributed by atoms with Crippen LogP contribution in [0, 0.1) is 6.92 Å². The summed E-state index contributed by atoms with van der Waals surface area (Å²) in [5.41, 5.74) is 1.15. The molecule has 2 heterocycles. The maximum absolute atomic E-state index is 12.5. The highest BCUT2D eigenvalue weighted by Crippen LogP contribution is 2.32. The average Bonchev–Trinajstić information content (AvgIpc) is 2.84. The number of rotatable bonds is 3. The second-order valence-electron chi connectivity index (χ2n) is 5.11. The van der Waals surface area contributed by atoms with Crippen LogP contribution in [-0.2, 0) is 9.59 Å². The van der Waals surface area contributed by atoms with Crippen molar-refractivity contribution in [3.63, 3.8) is 0 Å². The lowest BCUT2D eigenvalue weighted by Gasteiger charge is -2.27. The summed E-state index contributed by atoms with van der Waals surface area (Å²) in [5.74, 6) is -0.854. The lowest BCUT2D eigenvalue weighted by atomic mass is 10.1. The van der Waals surface area contributed by atoms with Gasteiger partial charge in [-0.3, -0.25) is 19.8 Å². The van der Waals surface area contributed by atoms with E-state index in [0.717, 1.165) is 20.5 Å². The molecule has 1 aliphatic rings. The van der Waals surface area contributed by atoms with Gasteiger partial charge in [0.05, 0.1) is 0 Å². The van der Waals surface area contributed by atoms with Crippen LogP contribution >= 0.6 is 23.6 Å². The topological polar surface area (TPSA) is 49.4 Å². The van der Waals surface area contributed by atoms with Gasteiger partial charge in [-0.1, -0.05) is 24.3 Å². The van der Waals surface area contributed by atoms with Gasteiger partial charge in [-0.05, 0) is 42.2 Å². The van der Waals surface area contributed by atoms with E-state index in [0.29, 0.717) is 0 Å². The number of thiocarbonyl (C=S) groups is 1. The summed E-state index contributed by atoms with van der Waals surface area (Å²) in [6.07, 6.45) is 3.22. The Morgan fingerprint density at radius 3 is 2.78 bits per heavy atom. The molecule has 116 valence electrons. The van der Waals surface area contributed by atoms with Gasteiger partial charge in [-0.25, -0.2) is 0 Å². The maximum atomic E-state index is 12.5. The lowest BCUT2D eigenvalue weighted by molar-refractivity contribution is -0.128. The van der Waals surface area contributed by atoms with Crippen LogP contribution in [0.3, 0.4) is 0 Å². The molecule has 2 aromatic rings. The summed E-state index contributed by atoms with van der Waals surface area (Å²) in [6, 6.07) is 8.00. The first kappa shape index (κ1) is 15.6. The summed E-state index contributed by atoms with van der Waals surface area (Å²) in [7, 11) is 0. The van der Waals surface area contributed by atoms with Crippen molar-refractivity contribution in [2.24, 2.45) is 0 Å². The number of benzene rings is 1. The predicted molar refractivity (Wildman–Crippen MR) is 97.2 cm³/mol. The summed E-state index contributed by atoms with van der Waals surface area (Å²) >= 11 is 6.60. The molecule has 0 radical (unpaired) electrons. The number of nitrogens with one attached hydrogen (secondary N) is 1. The number of fused-ring (bicyclic) bond motifs is 1. The van der Waals surface area contributed by atoms with Crippen LogP contribution < -0.4 is 5.32 Å². The van der Waals surface area contributed by atoms with Gasteiger partial charge in [0.1, 0.15) is 5.57 Å². The molecule has 0 saturated carbocycles. The minimum atomic E-state index is -0.461. The van der Waals surface area contributed by atoms with E-state index in [1.807, 2.05) is 31.2 Å². The van der Waals surface area contributed by atoms with E-state index in [1.54, 1.807) is 23.5 Å². The first-order valence-electron chi connectivity index (χ1n) is 7.01. The van der Waals surface area contributed by atoms with Gasteiger partial charge in [-0.2, -0.15) is 0 Å². The molecule has 0 bridgehead atoms. The van der Waals surface area contributed by atoms with Gasteiger partial charge in [0.2, 0.25) is 0 Å². The van der Waals surface area contributed by atoms with E-state index >= 15 is 0 Å². The van der Waals surface area contributed by atoms with Gasteiger partial charge in [0.15, 0.2) is 5.11 Å². The van der Waals surface area contributed by atoms with Crippen molar-refractivity contribution < 1.29 is 9.59 Å². The highest BCUT2D eigenvalue weighted by molar-refractivity contribution is 7.80. The summed E-state index contributed by atoms with van der Waals surface area (Å²) < 4.78 is 1.12. The van der Waals surface area contributed by atoms with E-state index in [1.165, 1.54) is 4.90 Å². The second-order valence-corrected chi connectivity index (χ2v) is 6.58. The van der Waals surface area contributed by atoms with Crippen LogP contribution in [0.25, 0.3) is 16.2 Å². The van der Waals surface area contributed by atoms with Crippen molar-refractivity contribution >= 4 is 56.6 Å². The second kappa shape index (κ2) is 6.06. The fourth-order valence-electron chi connectivity index (χ4n) is 2.45. The molecule has 0 atom stereocenters. The fraction of sp³-hybridized carbons (Fsp3) is 0.118. The van der Waals surface area contributed by atoms with Gasteiger partial charge in [0, 0.05) is 16.1 Å². The number of thiophene rings is 1. The van der Waals surface area contributed by atoms with Crippen molar-refractivity contribution in [2.45, 2.75) is 6.92 Å². The summed E-state index contributed by atoms with van der Waals surface area (Å²) in [5, 5.41) is 3.80. The number of carbonyl (C=O) groups excluding carboxylic acids is 2. The number of carbonyl (C=O) groups is 2. The monoisotopic (exact) mass is 342 g/mol. The normalized spacial score (nSPS) is 17.0. The van der Waals surface area contributed by atoms with Crippen molar-refractivity contribution in [3.8, 4) is 0 Å². The molecule has 1 aliphatic heterocycles. The fourth-order valence-corrected chi connectivity index (χ4v) is 3.86. The third kappa shape index (κ3) is 2.71. The third-order valence-corrected chi connectivity index (χ3v) is 5.20. The number of aryl methyl sites for hydroxylation is 1. The number of hydrogen-bond donors (Lipinski definition) is 1. The zero-order valence-corrected chi connectivity index (χ0v) is 14.1. The average molecular weight is 342 g/mol. The van der Waals surface area contributed by atoms with Crippen molar-refractivity contribution in [1.29, 1.82) is 0 Å². The quantitative estimate of drug-likeness (QED) is 0.404.